The summed E-state index contributed by atoms with van der Waals surface area (Å²) in [6.07, 6.45) is 4.96. The first-order valence-corrected chi connectivity index (χ1v) is 7.66. The molecule has 0 aromatic rings. The normalized spacial score (nSPS) is 29.5. The second-order valence-corrected chi connectivity index (χ2v) is 5.73. The molecule has 0 N–H and O–H groups in total. The van der Waals surface area contributed by atoms with Gasteiger partial charge in [0, 0.05) is 18.8 Å². The highest BCUT2D eigenvalue weighted by Crippen LogP contribution is 2.26. The van der Waals surface area contributed by atoms with Crippen LogP contribution in [0.3, 0.4) is 0 Å². The van der Waals surface area contributed by atoms with E-state index in [0.29, 0.717) is 6.54 Å². The molecule has 2 aliphatic rings. The highest BCUT2D eigenvalue weighted by molar-refractivity contribution is 7.98. The predicted molar refractivity (Wildman–Crippen MR) is 68.9 cm³/mol. The minimum atomic E-state index is -0.274. The maximum absolute atomic E-state index is 12.3. The number of carbonyl (C=O) groups excluding carboxylic acids is 2. The van der Waals surface area contributed by atoms with E-state index in [1.54, 1.807) is 21.6 Å². The molecule has 2 aliphatic heterocycles. The number of amides is 2. The molecule has 0 aromatic heterocycles. The van der Waals surface area contributed by atoms with Crippen molar-refractivity contribution < 1.29 is 9.59 Å². The summed E-state index contributed by atoms with van der Waals surface area (Å²) in [5.74, 6) is 1.19. The third kappa shape index (κ3) is 2.30. The van der Waals surface area contributed by atoms with Crippen molar-refractivity contribution in [3.63, 3.8) is 0 Å². The van der Waals surface area contributed by atoms with Gasteiger partial charge in [0.2, 0.25) is 11.8 Å². The van der Waals surface area contributed by atoms with Gasteiger partial charge in [0.1, 0.15) is 12.1 Å². The quantitative estimate of drug-likeness (QED) is 0.755. The molecule has 0 radical (unpaired) electrons. The van der Waals surface area contributed by atoms with Crippen molar-refractivity contribution in [1.82, 2.24) is 9.80 Å². The summed E-state index contributed by atoms with van der Waals surface area (Å²) in [6, 6.07) is -0.446. The first-order valence-electron chi connectivity index (χ1n) is 6.26. The third-order valence-electron chi connectivity index (χ3n) is 3.72. The van der Waals surface area contributed by atoms with Crippen LogP contribution in [-0.2, 0) is 9.59 Å². The zero-order valence-corrected chi connectivity index (χ0v) is 11.3. The molecule has 0 spiro atoms. The van der Waals surface area contributed by atoms with Crippen molar-refractivity contribution in [2.75, 3.05) is 25.1 Å². The Bertz CT molecular complexity index is 322. The molecule has 2 atom stereocenters. The second kappa shape index (κ2) is 5.29. The maximum Gasteiger partial charge on any atom is 0.246 e. The Balaban J connectivity index is 2.14. The number of piperazine rings is 1. The smallest absolute Gasteiger partial charge is 0.246 e. The lowest BCUT2D eigenvalue weighted by Crippen LogP contribution is -2.65. The zero-order chi connectivity index (χ0) is 12.4. The third-order valence-corrected chi connectivity index (χ3v) is 4.31. The van der Waals surface area contributed by atoms with Gasteiger partial charge in [-0.25, -0.2) is 0 Å². The van der Waals surface area contributed by atoms with E-state index in [-0.39, 0.29) is 23.9 Å². The van der Waals surface area contributed by atoms with Crippen molar-refractivity contribution in [3.8, 4) is 0 Å². The predicted octanol–water partition coefficient (Wildman–Crippen LogP) is 0.961. The topological polar surface area (TPSA) is 40.6 Å². The molecule has 2 unspecified atom stereocenters. The molecule has 0 aromatic carbocycles. The van der Waals surface area contributed by atoms with E-state index in [1.807, 2.05) is 13.2 Å². The van der Waals surface area contributed by atoms with Gasteiger partial charge >= 0.3 is 0 Å². The lowest BCUT2D eigenvalue weighted by Gasteiger charge is -2.46. The van der Waals surface area contributed by atoms with E-state index >= 15 is 0 Å². The summed E-state index contributed by atoms with van der Waals surface area (Å²) < 4.78 is 0. The Morgan fingerprint density at radius 3 is 2.76 bits per heavy atom. The van der Waals surface area contributed by atoms with Gasteiger partial charge in [-0.1, -0.05) is 0 Å². The fraction of sp³-hybridized carbons (Fsp3) is 0.833. The summed E-state index contributed by atoms with van der Waals surface area (Å²) in [7, 11) is 0. The Kier molecular flexibility index (Phi) is 3.97. The molecule has 0 bridgehead atoms. The van der Waals surface area contributed by atoms with Gasteiger partial charge in [0.15, 0.2) is 0 Å². The van der Waals surface area contributed by atoms with E-state index in [0.717, 1.165) is 31.6 Å². The Morgan fingerprint density at radius 1 is 1.29 bits per heavy atom. The molecule has 2 heterocycles. The van der Waals surface area contributed by atoms with E-state index in [1.165, 1.54) is 0 Å². The minimum absolute atomic E-state index is 0.135. The molecule has 4 nitrogen and oxygen atoms in total. The van der Waals surface area contributed by atoms with Crippen LogP contribution in [0.4, 0.5) is 0 Å². The van der Waals surface area contributed by atoms with Crippen molar-refractivity contribution in [2.24, 2.45) is 0 Å². The molecule has 2 amide bonds. The van der Waals surface area contributed by atoms with Gasteiger partial charge in [-0.2, -0.15) is 11.8 Å². The van der Waals surface area contributed by atoms with Crippen LogP contribution in [0.1, 0.15) is 26.2 Å². The van der Waals surface area contributed by atoms with Crippen LogP contribution in [0.2, 0.25) is 0 Å². The number of carbonyl (C=O) groups is 2. The van der Waals surface area contributed by atoms with E-state index < -0.39 is 0 Å². The summed E-state index contributed by atoms with van der Waals surface area (Å²) in [4.78, 5) is 28.1. The minimum Gasteiger partial charge on any atom is -0.329 e. The van der Waals surface area contributed by atoms with Gasteiger partial charge in [-0.05, 0) is 32.4 Å². The number of piperidine rings is 1. The van der Waals surface area contributed by atoms with E-state index in [4.69, 9.17) is 0 Å². The lowest BCUT2D eigenvalue weighted by molar-refractivity contribution is -0.162. The van der Waals surface area contributed by atoms with Crippen LogP contribution in [0.15, 0.2) is 0 Å². The molecule has 2 rings (SSSR count). The molecule has 5 heteroatoms. The van der Waals surface area contributed by atoms with Crippen molar-refractivity contribution in [1.29, 1.82) is 0 Å². The van der Waals surface area contributed by atoms with Crippen molar-refractivity contribution >= 4 is 23.6 Å². The van der Waals surface area contributed by atoms with Crippen molar-refractivity contribution in [2.45, 2.75) is 38.3 Å². The number of rotatable bonds is 3. The molecular weight excluding hydrogens is 236 g/mol. The highest BCUT2D eigenvalue weighted by Gasteiger charge is 2.44. The molecule has 0 saturated carbocycles. The van der Waals surface area contributed by atoms with Crippen LogP contribution >= 0.6 is 11.8 Å². The number of hydrogen-bond acceptors (Lipinski definition) is 3. The lowest BCUT2D eigenvalue weighted by atomic mass is 9.96. The van der Waals surface area contributed by atoms with Crippen LogP contribution in [0, 0.1) is 0 Å². The highest BCUT2D eigenvalue weighted by atomic mass is 32.2. The molecule has 2 saturated heterocycles. The van der Waals surface area contributed by atoms with Crippen LogP contribution < -0.4 is 0 Å². The molecule has 96 valence electrons. The number of hydrogen-bond donors (Lipinski definition) is 0. The largest absolute Gasteiger partial charge is 0.329 e. The molecule has 17 heavy (non-hydrogen) atoms. The van der Waals surface area contributed by atoms with Gasteiger partial charge < -0.3 is 9.80 Å². The SMILES string of the molecule is CSCCN1C(=O)C2CCCCN2C(=O)C1C. The first kappa shape index (κ1) is 12.7. The molecule has 0 aliphatic carbocycles. The van der Waals surface area contributed by atoms with E-state index in [2.05, 4.69) is 0 Å². The Hall–Kier alpha value is -0.710. The average Bonchev–Trinajstić information content (AvgIpc) is 2.36. The fourth-order valence-corrected chi connectivity index (χ4v) is 3.08. The zero-order valence-electron chi connectivity index (χ0n) is 10.5. The fourth-order valence-electron chi connectivity index (χ4n) is 2.70. The molecule has 2 fully saturated rings. The van der Waals surface area contributed by atoms with Gasteiger partial charge in [-0.3, -0.25) is 9.59 Å². The van der Waals surface area contributed by atoms with Gasteiger partial charge in [-0.15, -0.1) is 0 Å². The maximum atomic E-state index is 12.3. The van der Waals surface area contributed by atoms with Crippen LogP contribution in [0.25, 0.3) is 0 Å². The number of thioether (sulfide) groups is 1. The van der Waals surface area contributed by atoms with Gasteiger partial charge in [0.05, 0.1) is 0 Å². The Morgan fingerprint density at radius 2 is 2.06 bits per heavy atom. The Labute approximate surface area is 107 Å². The van der Waals surface area contributed by atoms with Gasteiger partial charge in [0.25, 0.3) is 0 Å². The van der Waals surface area contributed by atoms with Crippen LogP contribution in [-0.4, -0.2) is 58.8 Å². The summed E-state index contributed by atoms with van der Waals surface area (Å²) >= 11 is 1.71. The summed E-state index contributed by atoms with van der Waals surface area (Å²) in [5, 5.41) is 0. The first-order chi connectivity index (χ1) is 8.16. The monoisotopic (exact) mass is 256 g/mol. The van der Waals surface area contributed by atoms with Crippen LogP contribution in [0.5, 0.6) is 0 Å². The average molecular weight is 256 g/mol. The molecular formula is C12H20N2O2S. The van der Waals surface area contributed by atoms with Crippen molar-refractivity contribution in [3.05, 3.63) is 0 Å². The standard InChI is InChI=1S/C12H20N2O2S/c1-9-11(15)14-6-4-3-5-10(14)12(16)13(9)7-8-17-2/h9-10H,3-8H2,1-2H3. The summed E-state index contributed by atoms with van der Waals surface area (Å²) in [6.45, 7) is 3.30. The van der Waals surface area contributed by atoms with E-state index in [9.17, 15) is 9.59 Å². The summed E-state index contributed by atoms with van der Waals surface area (Å²) in [5.41, 5.74) is 0. The second-order valence-electron chi connectivity index (χ2n) is 4.74. The number of fused-ring (bicyclic) bond motifs is 1. The number of nitrogens with zero attached hydrogens (tertiary/aromatic N) is 2.